The average molecular weight is 436 g/mol. The predicted molar refractivity (Wildman–Crippen MR) is 122 cm³/mol. The number of nitrogens with two attached hydrogens (primary N) is 1. The van der Waals surface area contributed by atoms with E-state index in [-0.39, 0.29) is 6.04 Å². The number of thiazole rings is 1. The summed E-state index contributed by atoms with van der Waals surface area (Å²) in [5, 5.41) is 2.74. The quantitative estimate of drug-likeness (QED) is 0.604. The Balaban J connectivity index is 1.37. The number of benzene rings is 1. The first-order valence-electron chi connectivity index (χ1n) is 10.7. The van der Waals surface area contributed by atoms with E-state index in [1.54, 1.807) is 16.2 Å². The van der Waals surface area contributed by atoms with Gasteiger partial charge in [-0.15, -0.1) is 11.3 Å². The van der Waals surface area contributed by atoms with Gasteiger partial charge in [0.1, 0.15) is 5.82 Å². The summed E-state index contributed by atoms with van der Waals surface area (Å²) >= 11 is 1.59. The molecule has 2 aliphatic rings. The highest BCUT2D eigenvalue weighted by Crippen LogP contribution is 2.43. The summed E-state index contributed by atoms with van der Waals surface area (Å²) in [7, 11) is 0. The normalized spacial score (nSPS) is 21.3. The van der Waals surface area contributed by atoms with E-state index in [0.717, 1.165) is 47.0 Å². The van der Waals surface area contributed by atoms with Gasteiger partial charge in [-0.25, -0.2) is 9.97 Å². The van der Waals surface area contributed by atoms with E-state index in [1.807, 2.05) is 29.8 Å². The number of nitrogens with one attached hydrogen (secondary N) is 1. The predicted octanol–water partition coefficient (Wildman–Crippen LogP) is 4.09. The lowest BCUT2D eigenvalue weighted by molar-refractivity contribution is -0.146. The number of rotatable bonds is 3. The molecule has 1 aliphatic carbocycles. The zero-order valence-electron chi connectivity index (χ0n) is 17.4. The molecule has 1 aromatic carbocycles. The number of hydrogen-bond acceptors (Lipinski definition) is 6. The van der Waals surface area contributed by atoms with E-state index >= 15 is 0 Å². The van der Waals surface area contributed by atoms with Crippen LogP contribution in [0.2, 0.25) is 0 Å². The molecular formula is C23H25N5O2S. The lowest BCUT2D eigenvalue weighted by Crippen LogP contribution is -2.46. The Morgan fingerprint density at radius 2 is 2.00 bits per heavy atom. The van der Waals surface area contributed by atoms with Crippen molar-refractivity contribution in [3.63, 3.8) is 0 Å². The standard InChI is InChI=1S/C23H25N5O2S/c1-13-2-6-19(15-5-7-20-18(8-15)26-12-31-20)28(11-13)23(30)22(29)27-16-9-17(14-3-4-14)21(24)25-10-16/h5,7-10,12-14,19H,2-4,6,11H2,1H3,(H2,24,25)(H,27,29)/t13-,19+/m1/s1. The fraction of sp³-hybridized carbons (Fsp3) is 0.391. The van der Waals surface area contributed by atoms with Crippen LogP contribution in [0, 0.1) is 5.92 Å². The Labute approximate surface area is 184 Å². The van der Waals surface area contributed by atoms with Crippen molar-refractivity contribution in [1.29, 1.82) is 0 Å². The first kappa shape index (κ1) is 19.9. The number of anilines is 2. The lowest BCUT2D eigenvalue weighted by Gasteiger charge is -2.38. The third-order valence-corrected chi connectivity index (χ3v) is 7.05. The van der Waals surface area contributed by atoms with E-state index < -0.39 is 11.8 Å². The summed E-state index contributed by atoms with van der Waals surface area (Å²) in [5.41, 5.74) is 11.2. The van der Waals surface area contributed by atoms with Gasteiger partial charge in [0.2, 0.25) is 0 Å². The average Bonchev–Trinajstić information content (AvgIpc) is 3.50. The third-order valence-electron chi connectivity index (χ3n) is 6.24. The second-order valence-electron chi connectivity index (χ2n) is 8.66. The van der Waals surface area contributed by atoms with Crippen LogP contribution in [0.1, 0.15) is 55.7 Å². The van der Waals surface area contributed by atoms with Gasteiger partial charge in [-0.05, 0) is 66.8 Å². The van der Waals surface area contributed by atoms with Gasteiger partial charge in [0.25, 0.3) is 0 Å². The number of piperidine rings is 1. The van der Waals surface area contributed by atoms with Crippen molar-refractivity contribution in [2.45, 2.75) is 44.6 Å². The molecule has 0 spiro atoms. The number of nitrogen functional groups attached to an aromatic ring is 1. The SMILES string of the molecule is C[C@@H]1CC[C@@H](c2ccc3scnc3c2)N(C(=O)C(=O)Nc2cnc(N)c(C3CC3)c2)C1. The van der Waals surface area contributed by atoms with Gasteiger partial charge < -0.3 is 16.0 Å². The van der Waals surface area contributed by atoms with Crippen molar-refractivity contribution in [3.05, 3.63) is 47.1 Å². The molecular weight excluding hydrogens is 410 g/mol. The second kappa shape index (κ2) is 7.92. The Bertz CT molecular complexity index is 1160. The molecule has 1 aliphatic heterocycles. The maximum absolute atomic E-state index is 13.2. The molecule has 0 unspecified atom stereocenters. The van der Waals surface area contributed by atoms with Gasteiger partial charge in [-0.2, -0.15) is 0 Å². The molecule has 1 saturated carbocycles. The van der Waals surface area contributed by atoms with Crippen LogP contribution in [0.3, 0.4) is 0 Å². The van der Waals surface area contributed by atoms with Gasteiger partial charge in [-0.3, -0.25) is 9.59 Å². The third kappa shape index (κ3) is 3.99. The van der Waals surface area contributed by atoms with Gasteiger partial charge >= 0.3 is 11.8 Å². The summed E-state index contributed by atoms with van der Waals surface area (Å²) in [6, 6.07) is 7.84. The van der Waals surface area contributed by atoms with Crippen molar-refractivity contribution >= 4 is 44.9 Å². The molecule has 2 fully saturated rings. The molecule has 8 heteroatoms. The zero-order valence-corrected chi connectivity index (χ0v) is 18.2. The molecule has 3 heterocycles. The topological polar surface area (TPSA) is 101 Å². The Morgan fingerprint density at radius 3 is 2.81 bits per heavy atom. The minimum absolute atomic E-state index is 0.132. The molecule has 3 N–H and O–H groups in total. The highest BCUT2D eigenvalue weighted by Gasteiger charge is 2.34. The highest BCUT2D eigenvalue weighted by molar-refractivity contribution is 7.16. The maximum atomic E-state index is 13.2. The highest BCUT2D eigenvalue weighted by atomic mass is 32.1. The summed E-state index contributed by atoms with van der Waals surface area (Å²) in [6.07, 6.45) is 5.51. The van der Waals surface area contributed by atoms with Crippen LogP contribution >= 0.6 is 11.3 Å². The number of carbonyl (C=O) groups is 2. The first-order chi connectivity index (χ1) is 15.0. The lowest BCUT2D eigenvalue weighted by atomic mass is 9.89. The fourth-order valence-corrected chi connectivity index (χ4v) is 5.06. The molecule has 31 heavy (non-hydrogen) atoms. The molecule has 0 radical (unpaired) electrons. The van der Waals surface area contributed by atoms with Crippen molar-refractivity contribution < 1.29 is 9.59 Å². The number of amides is 2. The molecule has 2 atom stereocenters. The van der Waals surface area contributed by atoms with Gasteiger partial charge in [0, 0.05) is 6.54 Å². The number of aromatic nitrogens is 2. The molecule has 3 aromatic rings. The van der Waals surface area contributed by atoms with Crippen molar-refractivity contribution in [3.8, 4) is 0 Å². The van der Waals surface area contributed by atoms with Gasteiger partial charge in [0.05, 0.1) is 33.7 Å². The van der Waals surface area contributed by atoms with Gasteiger partial charge in [-0.1, -0.05) is 13.0 Å². The Kier molecular flexibility index (Phi) is 5.09. The molecule has 5 rings (SSSR count). The summed E-state index contributed by atoms with van der Waals surface area (Å²) < 4.78 is 1.12. The van der Waals surface area contributed by atoms with Crippen LogP contribution in [0.25, 0.3) is 10.2 Å². The monoisotopic (exact) mass is 435 g/mol. The largest absolute Gasteiger partial charge is 0.383 e. The smallest absolute Gasteiger partial charge is 0.313 e. The molecule has 1 saturated heterocycles. The van der Waals surface area contributed by atoms with Crippen molar-refractivity contribution in [1.82, 2.24) is 14.9 Å². The summed E-state index contributed by atoms with van der Waals surface area (Å²) in [5.74, 6) is 0.0970. The zero-order chi connectivity index (χ0) is 21.5. The van der Waals surface area contributed by atoms with E-state index in [0.29, 0.717) is 29.9 Å². The Hall–Kier alpha value is -3.00. The van der Waals surface area contributed by atoms with E-state index in [9.17, 15) is 9.59 Å². The van der Waals surface area contributed by atoms with Crippen molar-refractivity contribution in [2.75, 3.05) is 17.6 Å². The van der Waals surface area contributed by atoms with Crippen LogP contribution in [-0.2, 0) is 9.59 Å². The number of fused-ring (bicyclic) bond motifs is 1. The fourth-order valence-electron chi connectivity index (χ4n) is 4.40. The number of nitrogens with zero attached hydrogens (tertiary/aromatic N) is 3. The van der Waals surface area contributed by atoms with E-state index in [1.165, 1.54) is 6.20 Å². The second-order valence-corrected chi connectivity index (χ2v) is 9.55. The van der Waals surface area contributed by atoms with Crippen LogP contribution in [0.15, 0.2) is 36.0 Å². The van der Waals surface area contributed by atoms with E-state index in [4.69, 9.17) is 5.73 Å². The molecule has 2 aromatic heterocycles. The number of carbonyl (C=O) groups excluding carboxylic acids is 2. The van der Waals surface area contributed by atoms with E-state index in [2.05, 4.69) is 22.2 Å². The molecule has 2 amide bonds. The summed E-state index contributed by atoms with van der Waals surface area (Å²) in [4.78, 5) is 36.4. The number of pyridine rings is 1. The maximum Gasteiger partial charge on any atom is 0.313 e. The molecule has 0 bridgehead atoms. The molecule has 7 nitrogen and oxygen atoms in total. The number of likely N-dealkylation sites (tertiary alicyclic amines) is 1. The minimum atomic E-state index is -0.637. The minimum Gasteiger partial charge on any atom is -0.383 e. The number of hydrogen-bond donors (Lipinski definition) is 2. The van der Waals surface area contributed by atoms with Crippen LogP contribution < -0.4 is 11.1 Å². The van der Waals surface area contributed by atoms with Gasteiger partial charge in [0.15, 0.2) is 0 Å². The Morgan fingerprint density at radius 1 is 1.16 bits per heavy atom. The first-order valence-corrected chi connectivity index (χ1v) is 11.6. The summed E-state index contributed by atoms with van der Waals surface area (Å²) in [6.45, 7) is 2.67. The van der Waals surface area contributed by atoms with Crippen molar-refractivity contribution in [2.24, 2.45) is 5.92 Å². The van der Waals surface area contributed by atoms with Crippen LogP contribution in [0.5, 0.6) is 0 Å². The molecule has 160 valence electrons. The van der Waals surface area contributed by atoms with Crippen LogP contribution in [0.4, 0.5) is 11.5 Å². The van der Waals surface area contributed by atoms with Crippen LogP contribution in [-0.4, -0.2) is 33.2 Å².